The fourth-order valence-electron chi connectivity index (χ4n) is 6.07. The number of esters is 2. The second-order valence-corrected chi connectivity index (χ2v) is 17.2. The molecule has 0 saturated carbocycles. The monoisotopic (exact) mass is 882 g/mol. The molecule has 0 heterocycles. The van der Waals surface area contributed by atoms with Crippen molar-refractivity contribution in [3.63, 3.8) is 0 Å². The molecule has 0 radical (unpaired) electrons. The Morgan fingerprint density at radius 1 is 0.574 bits per heavy atom. The number of aliphatic carboxylic acids is 1. The van der Waals surface area contributed by atoms with E-state index in [0.29, 0.717) is 19.3 Å². The molecule has 5 N–H and O–H groups in total. The molecular formula is C48H84NO11P. The van der Waals surface area contributed by atoms with Crippen molar-refractivity contribution in [2.45, 2.75) is 205 Å². The molecule has 0 aliphatic rings. The predicted molar refractivity (Wildman–Crippen MR) is 246 cm³/mol. The maximum absolute atomic E-state index is 12.7. The number of phosphoric ester groups is 1. The first kappa shape index (κ1) is 58.1. The first-order valence-corrected chi connectivity index (χ1v) is 24.9. The number of hydrogen-bond acceptors (Lipinski definition) is 10. The predicted octanol–water partition coefficient (Wildman–Crippen LogP) is 11.7. The number of hydrogen-bond donors (Lipinski definition) is 4. The Kier molecular flexibility index (Phi) is 40.5. The van der Waals surface area contributed by atoms with E-state index in [0.717, 1.165) is 57.8 Å². The van der Waals surface area contributed by atoms with Gasteiger partial charge >= 0.3 is 25.7 Å². The molecule has 13 heteroatoms. The van der Waals surface area contributed by atoms with E-state index in [9.17, 15) is 28.9 Å². The number of nitrogens with two attached hydrogens (primary N) is 1. The zero-order valence-electron chi connectivity index (χ0n) is 37.9. The number of unbranched alkanes of at least 4 members (excludes halogenated alkanes) is 17. The lowest BCUT2D eigenvalue weighted by Gasteiger charge is -2.20. The molecule has 61 heavy (non-hydrogen) atoms. The number of ether oxygens (including phenoxy) is 2. The van der Waals surface area contributed by atoms with Crippen LogP contribution >= 0.6 is 7.82 Å². The summed E-state index contributed by atoms with van der Waals surface area (Å²) in [7, 11) is -4.74. The zero-order valence-corrected chi connectivity index (χ0v) is 38.7. The van der Waals surface area contributed by atoms with Gasteiger partial charge in [-0.15, -0.1) is 0 Å². The Labute approximate surface area is 369 Å². The van der Waals surface area contributed by atoms with Crippen molar-refractivity contribution in [3.05, 3.63) is 60.8 Å². The third-order valence-corrected chi connectivity index (χ3v) is 10.8. The highest BCUT2D eigenvalue weighted by molar-refractivity contribution is 7.47. The van der Waals surface area contributed by atoms with Gasteiger partial charge in [0.15, 0.2) is 6.10 Å². The largest absolute Gasteiger partial charge is 0.480 e. The van der Waals surface area contributed by atoms with E-state index >= 15 is 0 Å². The Hall–Kier alpha value is -2.86. The molecule has 12 nitrogen and oxygen atoms in total. The van der Waals surface area contributed by atoms with Gasteiger partial charge in [-0.3, -0.25) is 23.4 Å². The fraction of sp³-hybridized carbons (Fsp3) is 0.729. The molecule has 0 rings (SSSR count). The maximum atomic E-state index is 12.7. The summed E-state index contributed by atoms with van der Waals surface area (Å²) >= 11 is 0. The number of aliphatic hydroxyl groups excluding tert-OH is 1. The quantitative estimate of drug-likeness (QED) is 0.0196. The number of carbonyl (C=O) groups is 3. The lowest BCUT2D eigenvalue weighted by molar-refractivity contribution is -0.161. The van der Waals surface area contributed by atoms with Crippen molar-refractivity contribution in [3.8, 4) is 0 Å². The molecule has 0 saturated heterocycles. The van der Waals surface area contributed by atoms with Gasteiger partial charge in [0.25, 0.3) is 0 Å². The molecule has 1 unspecified atom stereocenters. The number of carboxylic acid groups (broad SMARTS) is 1. The van der Waals surface area contributed by atoms with Crippen LogP contribution in [0, 0.1) is 0 Å². The number of rotatable bonds is 43. The molecule has 0 aromatic carbocycles. The standard InChI is InChI=1S/C48H84NO11P/c1-3-5-7-8-9-10-11-12-13-14-15-16-17-18-23-26-29-32-35-39-47(52)60-44(41-58-61(55,56)59-42-45(49)48(53)54)40-57-46(51)38-34-31-28-25-22-20-19-21-24-27-30-33-37-43(50)36-6-4-2/h12-13,19-20,24-25,27-28,33,37,43-45,50H,3-11,14-18,21-23,26,29-32,34-36,38-42,49H2,1-2H3,(H,53,54)(H,55,56)/b13-12-,20-19-,27-24-,28-25-,37-33-/t43-,44+,45-/m0/s1. The molecule has 0 aromatic rings. The van der Waals surface area contributed by atoms with E-state index in [-0.39, 0.29) is 25.6 Å². The van der Waals surface area contributed by atoms with E-state index < -0.39 is 51.1 Å². The maximum Gasteiger partial charge on any atom is 0.472 e. The number of allylic oxidation sites excluding steroid dienone is 9. The third kappa shape index (κ3) is 42.2. The zero-order chi connectivity index (χ0) is 45.1. The van der Waals surface area contributed by atoms with Gasteiger partial charge in [0.1, 0.15) is 12.6 Å². The number of carbonyl (C=O) groups excluding carboxylic acids is 2. The molecule has 0 amide bonds. The Morgan fingerprint density at radius 3 is 1.61 bits per heavy atom. The first-order valence-electron chi connectivity index (χ1n) is 23.4. The van der Waals surface area contributed by atoms with Crippen LogP contribution in [0.5, 0.6) is 0 Å². The summed E-state index contributed by atoms with van der Waals surface area (Å²) < 4.78 is 32.7. The highest BCUT2D eigenvalue weighted by atomic mass is 31.2. The number of phosphoric acid groups is 1. The van der Waals surface area contributed by atoms with E-state index in [2.05, 4.69) is 54.8 Å². The SMILES string of the molecule is CCCCCCCC/C=C\CCCCCCCCCCCC(=O)O[C@H](COC(=O)CCC/C=C\C/C=C\C/C=C\C/C=C\[C@@H](O)CCCC)COP(=O)(O)OC[C@H](N)C(=O)O. The molecule has 0 fully saturated rings. The van der Waals surface area contributed by atoms with Gasteiger partial charge < -0.3 is 30.3 Å². The van der Waals surface area contributed by atoms with Gasteiger partial charge in [0, 0.05) is 12.8 Å². The Morgan fingerprint density at radius 2 is 1.03 bits per heavy atom. The first-order chi connectivity index (χ1) is 29.5. The van der Waals surface area contributed by atoms with Crippen LogP contribution < -0.4 is 5.73 Å². The van der Waals surface area contributed by atoms with Crippen LogP contribution in [0.3, 0.4) is 0 Å². The molecule has 352 valence electrons. The summed E-state index contributed by atoms with van der Waals surface area (Å²) in [5.74, 6) is -2.48. The van der Waals surface area contributed by atoms with Crippen molar-refractivity contribution >= 4 is 25.7 Å². The van der Waals surface area contributed by atoms with Crippen LogP contribution in [-0.4, -0.2) is 71.1 Å². The second kappa shape index (κ2) is 42.4. The van der Waals surface area contributed by atoms with E-state index in [1.54, 1.807) is 0 Å². The van der Waals surface area contributed by atoms with Crippen molar-refractivity contribution in [2.24, 2.45) is 5.73 Å². The molecule has 4 atom stereocenters. The van der Waals surface area contributed by atoms with Gasteiger partial charge in [-0.25, -0.2) is 4.57 Å². The van der Waals surface area contributed by atoms with Gasteiger partial charge in [-0.05, 0) is 70.6 Å². The fourth-order valence-corrected chi connectivity index (χ4v) is 6.85. The molecule has 0 spiro atoms. The van der Waals surface area contributed by atoms with Crippen molar-refractivity contribution < 1.29 is 52.6 Å². The molecule has 0 aliphatic carbocycles. The van der Waals surface area contributed by atoms with Crippen LogP contribution in [0.15, 0.2) is 60.8 Å². The minimum absolute atomic E-state index is 0.127. The summed E-state index contributed by atoms with van der Waals surface area (Å²) in [4.78, 5) is 46.0. The van der Waals surface area contributed by atoms with E-state index in [4.69, 9.17) is 24.8 Å². The highest BCUT2D eigenvalue weighted by Crippen LogP contribution is 2.43. The molecular weight excluding hydrogens is 797 g/mol. The lowest BCUT2D eigenvalue weighted by atomic mass is 10.1. The Balaban J connectivity index is 4.43. The average Bonchev–Trinajstić information content (AvgIpc) is 3.23. The summed E-state index contributed by atoms with van der Waals surface area (Å²) in [5, 5.41) is 18.7. The minimum Gasteiger partial charge on any atom is -0.480 e. The van der Waals surface area contributed by atoms with Gasteiger partial charge in [-0.1, -0.05) is 164 Å². The van der Waals surface area contributed by atoms with Gasteiger partial charge in [-0.2, -0.15) is 0 Å². The normalized spacial score (nSPS) is 14.7. The van der Waals surface area contributed by atoms with Crippen LogP contribution in [0.2, 0.25) is 0 Å². The topological polar surface area (TPSA) is 192 Å². The molecule has 0 bridgehead atoms. The Bertz CT molecular complexity index is 1280. The molecule has 0 aliphatic heterocycles. The molecule has 0 aromatic heterocycles. The average molecular weight is 882 g/mol. The van der Waals surface area contributed by atoms with Crippen LogP contribution in [-0.2, 0) is 37.5 Å². The van der Waals surface area contributed by atoms with E-state index in [1.807, 2.05) is 24.3 Å². The summed E-state index contributed by atoms with van der Waals surface area (Å²) in [5.41, 5.74) is 5.33. The smallest absolute Gasteiger partial charge is 0.472 e. The minimum atomic E-state index is -4.74. The lowest BCUT2D eigenvalue weighted by Crippen LogP contribution is -2.34. The van der Waals surface area contributed by atoms with Crippen LogP contribution in [0.25, 0.3) is 0 Å². The summed E-state index contributed by atoms with van der Waals surface area (Å²) in [6, 6.07) is -1.54. The van der Waals surface area contributed by atoms with Crippen molar-refractivity contribution in [1.29, 1.82) is 0 Å². The van der Waals surface area contributed by atoms with Gasteiger partial charge in [0.05, 0.1) is 19.3 Å². The summed E-state index contributed by atoms with van der Waals surface area (Å²) in [6.07, 6.45) is 46.2. The van der Waals surface area contributed by atoms with Gasteiger partial charge in [0.2, 0.25) is 0 Å². The van der Waals surface area contributed by atoms with Crippen LogP contribution in [0.1, 0.15) is 187 Å². The summed E-state index contributed by atoms with van der Waals surface area (Å²) in [6.45, 7) is 2.59. The number of aliphatic hydroxyl groups is 1. The van der Waals surface area contributed by atoms with Crippen molar-refractivity contribution in [1.82, 2.24) is 0 Å². The number of carboxylic acids is 1. The second-order valence-electron chi connectivity index (χ2n) is 15.7. The highest BCUT2D eigenvalue weighted by Gasteiger charge is 2.28. The van der Waals surface area contributed by atoms with Crippen molar-refractivity contribution in [2.75, 3.05) is 19.8 Å². The van der Waals surface area contributed by atoms with E-state index in [1.165, 1.54) is 83.5 Å². The third-order valence-electron chi connectivity index (χ3n) is 9.81. The van der Waals surface area contributed by atoms with Crippen LogP contribution in [0.4, 0.5) is 0 Å².